The Morgan fingerprint density at radius 3 is 2.47 bits per heavy atom. The van der Waals surface area contributed by atoms with E-state index in [1.54, 1.807) is 12.1 Å². The average Bonchev–Trinajstić information content (AvgIpc) is 2.39. The van der Waals surface area contributed by atoms with E-state index in [1.165, 1.54) is 19.0 Å². The van der Waals surface area contributed by atoms with Crippen molar-refractivity contribution < 1.29 is 4.79 Å². The van der Waals surface area contributed by atoms with E-state index < -0.39 is 0 Å². The van der Waals surface area contributed by atoms with Gasteiger partial charge in [-0.2, -0.15) is 0 Å². The monoisotopic (exact) mass is 283 g/mol. The van der Waals surface area contributed by atoms with Crippen LogP contribution in [0.15, 0.2) is 18.3 Å². The molecule has 0 aliphatic heterocycles. The Morgan fingerprint density at radius 2 is 1.95 bits per heavy atom. The highest BCUT2D eigenvalue weighted by Gasteiger charge is 2.25. The summed E-state index contributed by atoms with van der Waals surface area (Å²) in [7, 11) is 1.88. The van der Waals surface area contributed by atoms with Crippen LogP contribution < -0.4 is 5.73 Å². The quantitative estimate of drug-likeness (QED) is 0.908. The molecule has 0 unspecified atom stereocenters. The molecule has 1 aromatic heterocycles. The van der Waals surface area contributed by atoms with Crippen LogP contribution in [0.3, 0.4) is 0 Å². The van der Waals surface area contributed by atoms with Crippen LogP contribution in [0.1, 0.15) is 43.1 Å². The van der Waals surface area contributed by atoms with Gasteiger partial charge >= 0.3 is 0 Å². The van der Waals surface area contributed by atoms with Gasteiger partial charge in [-0.15, -0.1) is 12.4 Å². The van der Waals surface area contributed by atoms with E-state index in [1.807, 2.05) is 11.9 Å². The van der Waals surface area contributed by atoms with Gasteiger partial charge in [0.05, 0.1) is 11.9 Å². The van der Waals surface area contributed by atoms with Crippen molar-refractivity contribution in [1.82, 2.24) is 9.88 Å². The Bertz CT molecular complexity index is 413. The van der Waals surface area contributed by atoms with Gasteiger partial charge in [-0.05, 0) is 43.7 Å². The number of hydrogen-bond donors (Lipinski definition) is 1. The van der Waals surface area contributed by atoms with E-state index in [0.29, 0.717) is 17.4 Å². The second-order valence-electron chi connectivity index (χ2n) is 5.31. The number of nitrogens with zero attached hydrogens (tertiary/aromatic N) is 2. The molecule has 1 aliphatic carbocycles. The molecule has 1 saturated carbocycles. The number of nitrogens with two attached hydrogens (primary N) is 1. The molecule has 106 valence electrons. The predicted octanol–water partition coefficient (Wildman–Crippen LogP) is 2.74. The minimum atomic E-state index is -0.00504. The summed E-state index contributed by atoms with van der Waals surface area (Å²) >= 11 is 0. The molecule has 4 nitrogen and oxygen atoms in total. The molecule has 0 spiro atoms. The van der Waals surface area contributed by atoms with Crippen LogP contribution in [0.5, 0.6) is 0 Å². The van der Waals surface area contributed by atoms with Gasteiger partial charge in [0.2, 0.25) is 0 Å². The summed E-state index contributed by atoms with van der Waals surface area (Å²) in [4.78, 5) is 18.2. The van der Waals surface area contributed by atoms with E-state index in [-0.39, 0.29) is 18.3 Å². The molecule has 0 radical (unpaired) electrons. The molecule has 2 N–H and O–H groups in total. The largest absolute Gasteiger partial charge is 0.397 e. The van der Waals surface area contributed by atoms with Crippen molar-refractivity contribution in [3.8, 4) is 0 Å². The molecule has 1 heterocycles. The first-order chi connectivity index (χ1) is 8.58. The lowest BCUT2D eigenvalue weighted by molar-refractivity contribution is 0.0673. The van der Waals surface area contributed by atoms with E-state index in [9.17, 15) is 4.79 Å². The zero-order valence-corrected chi connectivity index (χ0v) is 12.3. The minimum absolute atomic E-state index is 0. The minimum Gasteiger partial charge on any atom is -0.397 e. The summed E-state index contributed by atoms with van der Waals surface area (Å²) < 4.78 is 0. The molecule has 0 aromatic carbocycles. The molecule has 1 aromatic rings. The Morgan fingerprint density at radius 1 is 1.32 bits per heavy atom. The third kappa shape index (κ3) is 3.83. The van der Waals surface area contributed by atoms with Gasteiger partial charge in [-0.25, -0.2) is 4.98 Å². The van der Waals surface area contributed by atoms with Gasteiger partial charge in [0.25, 0.3) is 5.91 Å². The summed E-state index contributed by atoms with van der Waals surface area (Å²) in [6, 6.07) is 3.77. The first kappa shape index (κ1) is 15.8. The van der Waals surface area contributed by atoms with Gasteiger partial charge in [-0.3, -0.25) is 4.79 Å². The molecule has 0 atom stereocenters. The maximum absolute atomic E-state index is 12.3. The zero-order chi connectivity index (χ0) is 13.1. The van der Waals surface area contributed by atoms with E-state index in [4.69, 9.17) is 5.73 Å². The maximum Gasteiger partial charge on any atom is 0.272 e. The maximum atomic E-state index is 12.3. The van der Waals surface area contributed by atoms with Crippen molar-refractivity contribution in [2.75, 3.05) is 12.8 Å². The zero-order valence-electron chi connectivity index (χ0n) is 11.5. The Labute approximate surface area is 120 Å². The molecule has 0 bridgehead atoms. The average molecular weight is 284 g/mol. The number of nitrogen functional groups attached to an aromatic ring is 1. The summed E-state index contributed by atoms with van der Waals surface area (Å²) in [6.45, 7) is 2.28. The smallest absolute Gasteiger partial charge is 0.272 e. The predicted molar refractivity (Wildman–Crippen MR) is 79.4 cm³/mol. The van der Waals surface area contributed by atoms with Crippen LogP contribution in [0, 0.1) is 5.92 Å². The number of aromatic nitrogens is 1. The van der Waals surface area contributed by atoms with Crippen LogP contribution in [0.4, 0.5) is 5.69 Å². The highest BCUT2D eigenvalue weighted by molar-refractivity contribution is 5.92. The molecule has 19 heavy (non-hydrogen) atoms. The van der Waals surface area contributed by atoms with Crippen LogP contribution in [0.25, 0.3) is 0 Å². The fourth-order valence-electron chi connectivity index (χ4n) is 2.51. The molecule has 5 heteroatoms. The van der Waals surface area contributed by atoms with E-state index >= 15 is 0 Å². The number of anilines is 1. The van der Waals surface area contributed by atoms with Crippen molar-refractivity contribution >= 4 is 24.0 Å². The highest BCUT2D eigenvalue weighted by atomic mass is 35.5. The van der Waals surface area contributed by atoms with Gasteiger partial charge in [-0.1, -0.05) is 6.92 Å². The Balaban J connectivity index is 0.00000180. The van der Waals surface area contributed by atoms with Crippen molar-refractivity contribution in [3.63, 3.8) is 0 Å². The molecular formula is C14H22ClN3O. The number of carbonyl (C=O) groups excluding carboxylic acids is 1. The molecule has 1 fully saturated rings. The van der Waals surface area contributed by atoms with Crippen molar-refractivity contribution in [2.24, 2.45) is 5.92 Å². The van der Waals surface area contributed by atoms with Crippen LogP contribution >= 0.6 is 12.4 Å². The summed E-state index contributed by atoms with van der Waals surface area (Å²) in [5, 5.41) is 0. The van der Waals surface area contributed by atoms with Crippen molar-refractivity contribution in [3.05, 3.63) is 24.0 Å². The number of amides is 1. The standard InChI is InChI=1S/C14H21N3O.ClH/c1-10-3-6-12(7-4-10)17(2)14(18)13-8-5-11(15)9-16-13;/h5,8-10,12H,3-4,6-7,15H2,1-2H3;1H. The molecule has 0 saturated heterocycles. The fourth-order valence-corrected chi connectivity index (χ4v) is 2.51. The number of carbonyl (C=O) groups is 1. The number of halogens is 1. The SMILES string of the molecule is CC1CCC(N(C)C(=O)c2ccc(N)cn2)CC1.Cl. The number of hydrogen-bond acceptors (Lipinski definition) is 3. The molecule has 1 amide bonds. The summed E-state index contributed by atoms with van der Waals surface area (Å²) in [5.41, 5.74) is 6.63. The lowest BCUT2D eigenvalue weighted by Gasteiger charge is -2.33. The first-order valence-corrected chi connectivity index (χ1v) is 6.56. The third-order valence-electron chi connectivity index (χ3n) is 3.86. The van der Waals surface area contributed by atoms with Crippen LogP contribution in [-0.4, -0.2) is 28.9 Å². The normalized spacial score (nSPS) is 22.4. The second kappa shape index (κ2) is 6.75. The second-order valence-corrected chi connectivity index (χ2v) is 5.31. The van der Waals surface area contributed by atoms with E-state index in [0.717, 1.165) is 18.8 Å². The van der Waals surface area contributed by atoms with Crippen LogP contribution in [0.2, 0.25) is 0 Å². The summed E-state index contributed by atoms with van der Waals surface area (Å²) in [6.07, 6.45) is 6.13. The van der Waals surface area contributed by atoms with Crippen LogP contribution in [-0.2, 0) is 0 Å². The Hall–Kier alpha value is -1.29. The van der Waals surface area contributed by atoms with Gasteiger partial charge in [0.1, 0.15) is 5.69 Å². The first-order valence-electron chi connectivity index (χ1n) is 6.56. The van der Waals surface area contributed by atoms with Gasteiger partial charge < -0.3 is 10.6 Å². The lowest BCUT2D eigenvalue weighted by atomic mass is 9.86. The van der Waals surface area contributed by atoms with Gasteiger partial charge in [0, 0.05) is 13.1 Å². The Kier molecular flexibility index (Phi) is 5.60. The van der Waals surface area contributed by atoms with E-state index in [2.05, 4.69) is 11.9 Å². The molecule has 1 aliphatic rings. The molecular weight excluding hydrogens is 262 g/mol. The lowest BCUT2D eigenvalue weighted by Crippen LogP contribution is -2.39. The molecule has 2 rings (SSSR count). The topological polar surface area (TPSA) is 59.2 Å². The van der Waals surface area contributed by atoms with Crippen molar-refractivity contribution in [2.45, 2.75) is 38.6 Å². The highest BCUT2D eigenvalue weighted by Crippen LogP contribution is 2.27. The van der Waals surface area contributed by atoms with Gasteiger partial charge in [0.15, 0.2) is 0 Å². The number of rotatable bonds is 2. The fraction of sp³-hybridized carbons (Fsp3) is 0.571. The van der Waals surface area contributed by atoms with Crippen molar-refractivity contribution in [1.29, 1.82) is 0 Å². The summed E-state index contributed by atoms with van der Waals surface area (Å²) in [5.74, 6) is 0.786. The number of pyridine rings is 1. The third-order valence-corrected chi connectivity index (χ3v) is 3.86.